The Hall–Kier alpha value is -0.900. The van der Waals surface area contributed by atoms with E-state index in [1.807, 2.05) is 19.9 Å². The number of fused-ring (bicyclic) bond motifs is 1. The van der Waals surface area contributed by atoms with Crippen molar-refractivity contribution in [1.82, 2.24) is 0 Å². The third-order valence-corrected chi connectivity index (χ3v) is 2.58. The Kier molecular flexibility index (Phi) is 2.10. The lowest BCUT2D eigenvalue weighted by Gasteiger charge is -2.33. The van der Waals surface area contributed by atoms with Crippen LogP contribution in [0.15, 0.2) is 16.6 Å². The first-order valence-corrected chi connectivity index (χ1v) is 5.23. The zero-order valence-corrected chi connectivity index (χ0v) is 9.68. The van der Waals surface area contributed by atoms with E-state index in [4.69, 9.17) is 4.74 Å². The average Bonchev–Trinajstić information content (AvgIpc) is 2.00. The van der Waals surface area contributed by atoms with Crippen LogP contribution in [-0.2, 0) is 0 Å². The number of nitrogens with one attached hydrogen (secondary N) is 1. The molecule has 0 aromatic heterocycles. The first kappa shape index (κ1) is 9.65. The van der Waals surface area contributed by atoms with Crippen molar-refractivity contribution in [3.8, 4) is 11.5 Å². The number of phenols is 1. The van der Waals surface area contributed by atoms with E-state index >= 15 is 0 Å². The van der Waals surface area contributed by atoms with E-state index in [1.54, 1.807) is 6.07 Å². The van der Waals surface area contributed by atoms with Crippen LogP contribution < -0.4 is 10.1 Å². The van der Waals surface area contributed by atoms with Gasteiger partial charge in [-0.15, -0.1) is 0 Å². The molecule has 0 aliphatic carbocycles. The second-order valence-corrected chi connectivity index (χ2v) is 4.93. The Morgan fingerprint density at radius 2 is 2.21 bits per heavy atom. The van der Waals surface area contributed by atoms with E-state index in [2.05, 4.69) is 21.2 Å². The Morgan fingerprint density at radius 1 is 1.50 bits per heavy atom. The molecule has 0 unspecified atom stereocenters. The average molecular weight is 258 g/mol. The van der Waals surface area contributed by atoms with Crippen LogP contribution >= 0.6 is 15.9 Å². The maximum absolute atomic E-state index is 9.63. The summed E-state index contributed by atoms with van der Waals surface area (Å²) in [6.45, 7) is 4.69. The molecule has 0 saturated carbocycles. The molecule has 0 bridgehead atoms. The third kappa shape index (κ3) is 1.66. The third-order valence-electron chi connectivity index (χ3n) is 2.12. The largest absolute Gasteiger partial charge is 0.506 e. The molecule has 0 spiro atoms. The van der Waals surface area contributed by atoms with Crippen molar-refractivity contribution in [3.05, 3.63) is 16.6 Å². The molecule has 14 heavy (non-hydrogen) atoms. The van der Waals surface area contributed by atoms with Gasteiger partial charge in [0.05, 0.1) is 6.54 Å². The lowest BCUT2D eigenvalue weighted by Crippen LogP contribution is -2.39. The molecule has 1 heterocycles. The summed E-state index contributed by atoms with van der Waals surface area (Å²) in [7, 11) is 0. The van der Waals surface area contributed by atoms with Crippen LogP contribution in [0.3, 0.4) is 0 Å². The normalized spacial score (nSPS) is 17.9. The fourth-order valence-electron chi connectivity index (χ4n) is 1.46. The number of hydrogen-bond donors (Lipinski definition) is 2. The summed E-state index contributed by atoms with van der Waals surface area (Å²) in [6.07, 6.45) is 0. The van der Waals surface area contributed by atoms with E-state index in [-0.39, 0.29) is 11.4 Å². The number of ether oxygens (including phenoxy) is 1. The minimum atomic E-state index is -0.236. The summed E-state index contributed by atoms with van der Waals surface area (Å²) >= 11 is 3.31. The molecule has 4 heteroatoms. The Morgan fingerprint density at radius 3 is 2.93 bits per heavy atom. The van der Waals surface area contributed by atoms with Gasteiger partial charge in [-0.25, -0.2) is 0 Å². The van der Waals surface area contributed by atoms with Crippen LogP contribution in [0.2, 0.25) is 0 Å². The van der Waals surface area contributed by atoms with Gasteiger partial charge in [0.15, 0.2) is 0 Å². The fourth-order valence-corrected chi connectivity index (χ4v) is 1.89. The number of benzene rings is 1. The topological polar surface area (TPSA) is 41.5 Å². The van der Waals surface area contributed by atoms with Gasteiger partial charge in [-0.3, -0.25) is 0 Å². The number of aromatic hydroxyl groups is 1. The van der Waals surface area contributed by atoms with Gasteiger partial charge >= 0.3 is 0 Å². The summed E-state index contributed by atoms with van der Waals surface area (Å²) in [5.74, 6) is 0.901. The van der Waals surface area contributed by atoms with Gasteiger partial charge in [0, 0.05) is 4.47 Å². The van der Waals surface area contributed by atoms with Gasteiger partial charge in [0.25, 0.3) is 0 Å². The van der Waals surface area contributed by atoms with Gasteiger partial charge in [-0.2, -0.15) is 0 Å². The van der Waals surface area contributed by atoms with E-state index < -0.39 is 0 Å². The monoisotopic (exact) mass is 257 g/mol. The maximum atomic E-state index is 9.63. The van der Waals surface area contributed by atoms with Gasteiger partial charge in [-0.05, 0) is 26.0 Å². The van der Waals surface area contributed by atoms with Crippen molar-refractivity contribution in [2.45, 2.75) is 19.4 Å². The highest BCUT2D eigenvalue weighted by molar-refractivity contribution is 9.10. The van der Waals surface area contributed by atoms with Gasteiger partial charge < -0.3 is 15.2 Å². The number of phenolic OH excluding ortho intramolecular Hbond substituents is 1. The second-order valence-electron chi connectivity index (χ2n) is 4.01. The van der Waals surface area contributed by atoms with E-state index in [1.165, 1.54) is 0 Å². The van der Waals surface area contributed by atoms with Crippen molar-refractivity contribution in [1.29, 1.82) is 0 Å². The molecule has 1 aliphatic rings. The van der Waals surface area contributed by atoms with E-state index in [0.717, 1.165) is 4.47 Å². The molecule has 76 valence electrons. The lowest BCUT2D eigenvalue weighted by atomic mass is 10.1. The first-order valence-electron chi connectivity index (χ1n) is 4.43. The van der Waals surface area contributed by atoms with Crippen LogP contribution in [-0.4, -0.2) is 17.3 Å². The Bertz CT molecular complexity index is 377. The molecule has 1 aromatic rings. The predicted octanol–water partition coefficient (Wildman–Crippen LogP) is 2.74. The molecular formula is C10H12BrNO2. The van der Waals surface area contributed by atoms with Crippen LogP contribution in [0.4, 0.5) is 5.69 Å². The van der Waals surface area contributed by atoms with Crippen LogP contribution in [0.1, 0.15) is 13.8 Å². The molecule has 0 atom stereocenters. The van der Waals surface area contributed by atoms with Crippen LogP contribution in [0, 0.1) is 0 Å². The molecular weight excluding hydrogens is 246 g/mol. The van der Waals surface area contributed by atoms with E-state index in [9.17, 15) is 5.11 Å². The zero-order valence-electron chi connectivity index (χ0n) is 8.10. The number of hydrogen-bond acceptors (Lipinski definition) is 3. The quantitative estimate of drug-likeness (QED) is 0.703. The smallest absolute Gasteiger partial charge is 0.148 e. The number of halogens is 1. The predicted molar refractivity (Wildman–Crippen MR) is 59.0 cm³/mol. The SMILES string of the molecule is CC1(C)CNc2c(O)cc(Br)cc2O1. The summed E-state index contributed by atoms with van der Waals surface area (Å²) in [6, 6.07) is 3.50. The summed E-state index contributed by atoms with van der Waals surface area (Å²) in [5.41, 5.74) is 0.438. The van der Waals surface area contributed by atoms with Crippen molar-refractivity contribution in [3.63, 3.8) is 0 Å². The maximum Gasteiger partial charge on any atom is 0.148 e. The lowest BCUT2D eigenvalue weighted by molar-refractivity contribution is 0.115. The van der Waals surface area contributed by atoms with Crippen LogP contribution in [0.5, 0.6) is 11.5 Å². The molecule has 2 N–H and O–H groups in total. The molecule has 0 saturated heterocycles. The Labute approximate surface area is 91.2 Å². The molecule has 0 amide bonds. The molecule has 0 fully saturated rings. The van der Waals surface area contributed by atoms with Crippen molar-refractivity contribution in [2.24, 2.45) is 0 Å². The zero-order chi connectivity index (χ0) is 10.3. The van der Waals surface area contributed by atoms with Gasteiger partial charge in [-0.1, -0.05) is 15.9 Å². The molecule has 1 aromatic carbocycles. The minimum absolute atomic E-state index is 0.213. The minimum Gasteiger partial charge on any atom is -0.506 e. The van der Waals surface area contributed by atoms with Crippen molar-refractivity contribution < 1.29 is 9.84 Å². The second kappa shape index (κ2) is 3.05. The summed E-state index contributed by atoms with van der Waals surface area (Å²) in [4.78, 5) is 0. The molecule has 0 radical (unpaired) electrons. The standard InChI is InChI=1S/C10H12BrNO2/c1-10(2)5-12-9-7(13)3-6(11)4-8(9)14-10/h3-4,12-13H,5H2,1-2H3. The molecule has 1 aliphatic heterocycles. The fraction of sp³-hybridized carbons (Fsp3) is 0.400. The van der Waals surface area contributed by atoms with Gasteiger partial charge in [0.1, 0.15) is 22.8 Å². The number of anilines is 1. The summed E-state index contributed by atoms with van der Waals surface area (Å²) in [5, 5.41) is 12.8. The van der Waals surface area contributed by atoms with Crippen LogP contribution in [0.25, 0.3) is 0 Å². The van der Waals surface area contributed by atoms with Crippen molar-refractivity contribution in [2.75, 3.05) is 11.9 Å². The highest BCUT2D eigenvalue weighted by atomic mass is 79.9. The highest BCUT2D eigenvalue weighted by Gasteiger charge is 2.28. The van der Waals surface area contributed by atoms with E-state index in [0.29, 0.717) is 18.0 Å². The number of rotatable bonds is 0. The van der Waals surface area contributed by atoms with Gasteiger partial charge in [0.2, 0.25) is 0 Å². The molecule has 2 rings (SSSR count). The summed E-state index contributed by atoms with van der Waals surface area (Å²) < 4.78 is 6.54. The molecule has 3 nitrogen and oxygen atoms in total. The first-order chi connectivity index (χ1) is 6.48. The Balaban J connectivity index is 2.47. The highest BCUT2D eigenvalue weighted by Crippen LogP contribution is 2.41. The van der Waals surface area contributed by atoms with Crippen molar-refractivity contribution >= 4 is 21.6 Å².